The summed E-state index contributed by atoms with van der Waals surface area (Å²) in [6.45, 7) is 0. The number of nitrogens with one attached hydrogen (secondary N) is 1. The zero-order chi connectivity index (χ0) is 12.8. The summed E-state index contributed by atoms with van der Waals surface area (Å²) in [4.78, 5) is 23.7. The third-order valence-electron chi connectivity index (χ3n) is 5.19. The van der Waals surface area contributed by atoms with Crippen molar-refractivity contribution in [2.75, 3.05) is 0 Å². The van der Waals surface area contributed by atoms with E-state index in [0.29, 0.717) is 24.7 Å². The molecule has 0 bridgehead atoms. The molecule has 2 N–H and O–H groups in total. The van der Waals surface area contributed by atoms with Gasteiger partial charge in [0, 0.05) is 5.92 Å². The van der Waals surface area contributed by atoms with Gasteiger partial charge in [0.05, 0.1) is 0 Å². The van der Waals surface area contributed by atoms with E-state index in [4.69, 9.17) is 0 Å². The van der Waals surface area contributed by atoms with Crippen LogP contribution in [-0.2, 0) is 9.59 Å². The molecule has 0 aliphatic heterocycles. The van der Waals surface area contributed by atoms with Gasteiger partial charge in [-0.3, -0.25) is 4.79 Å². The van der Waals surface area contributed by atoms with Crippen molar-refractivity contribution >= 4 is 11.9 Å². The molecular weight excluding hydrogens is 230 g/mol. The summed E-state index contributed by atoms with van der Waals surface area (Å²) in [7, 11) is 0. The molecule has 0 heterocycles. The average molecular weight is 251 g/mol. The molecule has 3 rings (SSSR count). The Morgan fingerprint density at radius 2 is 1.56 bits per heavy atom. The molecule has 0 aromatic heterocycles. The van der Waals surface area contributed by atoms with Crippen LogP contribution in [0.1, 0.15) is 51.4 Å². The third kappa shape index (κ3) is 1.82. The number of carbonyl (C=O) groups is 2. The summed E-state index contributed by atoms with van der Waals surface area (Å²) in [5.74, 6) is 0.370. The molecule has 2 unspecified atom stereocenters. The van der Waals surface area contributed by atoms with Gasteiger partial charge in [-0.15, -0.1) is 0 Å². The Hall–Kier alpha value is -1.06. The van der Waals surface area contributed by atoms with Crippen LogP contribution in [0.25, 0.3) is 0 Å². The number of carboxylic acid groups (broad SMARTS) is 1. The Kier molecular flexibility index (Phi) is 2.83. The summed E-state index contributed by atoms with van der Waals surface area (Å²) in [5.41, 5.74) is -0.956. The predicted molar refractivity (Wildman–Crippen MR) is 65.9 cm³/mol. The van der Waals surface area contributed by atoms with Crippen molar-refractivity contribution in [1.29, 1.82) is 0 Å². The van der Waals surface area contributed by atoms with Crippen molar-refractivity contribution in [3.63, 3.8) is 0 Å². The lowest BCUT2D eigenvalue weighted by Crippen LogP contribution is -2.53. The molecule has 4 nitrogen and oxygen atoms in total. The molecule has 4 heteroatoms. The summed E-state index contributed by atoms with van der Waals surface area (Å²) >= 11 is 0. The van der Waals surface area contributed by atoms with Crippen molar-refractivity contribution in [1.82, 2.24) is 5.32 Å². The fourth-order valence-electron chi connectivity index (χ4n) is 4.07. The van der Waals surface area contributed by atoms with Gasteiger partial charge >= 0.3 is 5.97 Å². The molecule has 0 aromatic carbocycles. The lowest BCUT2D eigenvalue weighted by molar-refractivity contribution is -0.147. The lowest BCUT2D eigenvalue weighted by atomic mass is 9.97. The number of carbonyl (C=O) groups excluding carboxylic acids is 1. The van der Waals surface area contributed by atoms with Crippen LogP contribution >= 0.6 is 0 Å². The minimum Gasteiger partial charge on any atom is -0.480 e. The first-order valence-electron chi connectivity index (χ1n) is 7.19. The van der Waals surface area contributed by atoms with E-state index in [9.17, 15) is 14.7 Å². The Morgan fingerprint density at radius 1 is 1.00 bits per heavy atom. The number of aliphatic carboxylic acids is 1. The lowest BCUT2D eigenvalue weighted by Gasteiger charge is -2.25. The Morgan fingerprint density at radius 3 is 2.06 bits per heavy atom. The second-order valence-corrected chi connectivity index (χ2v) is 6.22. The van der Waals surface area contributed by atoms with Crippen molar-refractivity contribution in [2.24, 2.45) is 17.8 Å². The monoisotopic (exact) mass is 251 g/mol. The quantitative estimate of drug-likeness (QED) is 0.805. The van der Waals surface area contributed by atoms with Crippen LogP contribution in [0, 0.1) is 17.8 Å². The second kappa shape index (κ2) is 4.25. The molecule has 3 saturated carbocycles. The zero-order valence-electron chi connectivity index (χ0n) is 10.7. The largest absolute Gasteiger partial charge is 0.480 e. The number of hydrogen-bond donors (Lipinski definition) is 2. The van der Waals surface area contributed by atoms with E-state index in [1.807, 2.05) is 0 Å². The molecule has 3 aliphatic rings. The zero-order valence-corrected chi connectivity index (χ0v) is 10.7. The molecular formula is C14H21NO3. The average Bonchev–Trinajstić information content (AvgIpc) is 2.90. The molecule has 100 valence electrons. The molecule has 0 radical (unpaired) electrons. The number of rotatable bonds is 3. The third-order valence-corrected chi connectivity index (χ3v) is 5.19. The van der Waals surface area contributed by atoms with E-state index in [2.05, 4.69) is 5.32 Å². The highest BCUT2D eigenvalue weighted by atomic mass is 16.4. The van der Waals surface area contributed by atoms with Gasteiger partial charge < -0.3 is 10.4 Å². The Bertz CT molecular complexity index is 361. The molecule has 18 heavy (non-hydrogen) atoms. The standard InChI is InChI=1S/C14H21NO3/c16-12(11-9-5-1-2-6-10(9)11)15-14(13(17)18)7-3-4-8-14/h9-11H,1-8H2,(H,15,16)(H,17,18). The van der Waals surface area contributed by atoms with E-state index in [-0.39, 0.29) is 11.8 Å². The van der Waals surface area contributed by atoms with Gasteiger partial charge in [0.1, 0.15) is 5.54 Å². The van der Waals surface area contributed by atoms with Crippen molar-refractivity contribution in [3.8, 4) is 0 Å². The van der Waals surface area contributed by atoms with E-state index >= 15 is 0 Å². The Balaban J connectivity index is 1.65. The molecule has 0 aromatic rings. The van der Waals surface area contributed by atoms with E-state index in [0.717, 1.165) is 25.7 Å². The van der Waals surface area contributed by atoms with Crippen molar-refractivity contribution in [2.45, 2.75) is 56.9 Å². The normalized spacial score (nSPS) is 36.8. The van der Waals surface area contributed by atoms with E-state index in [1.165, 1.54) is 12.8 Å². The van der Waals surface area contributed by atoms with Gasteiger partial charge in [0.15, 0.2) is 0 Å². The van der Waals surface area contributed by atoms with E-state index in [1.54, 1.807) is 0 Å². The van der Waals surface area contributed by atoms with Gasteiger partial charge in [0.2, 0.25) is 5.91 Å². The SMILES string of the molecule is O=C(NC1(C(=O)O)CCCC1)C1C2CCCCC21. The van der Waals surface area contributed by atoms with Crippen molar-refractivity contribution in [3.05, 3.63) is 0 Å². The molecule has 3 aliphatic carbocycles. The van der Waals surface area contributed by atoms with Gasteiger partial charge in [0.25, 0.3) is 0 Å². The Labute approximate surface area is 107 Å². The maximum atomic E-state index is 12.3. The highest BCUT2D eigenvalue weighted by molar-refractivity contribution is 5.90. The second-order valence-electron chi connectivity index (χ2n) is 6.22. The summed E-state index contributed by atoms with van der Waals surface area (Å²) < 4.78 is 0. The number of carboxylic acids is 1. The first kappa shape index (κ1) is 12.0. The number of amides is 1. The smallest absolute Gasteiger partial charge is 0.329 e. The van der Waals surface area contributed by atoms with Crippen LogP contribution in [0.15, 0.2) is 0 Å². The van der Waals surface area contributed by atoms with Gasteiger partial charge in [-0.1, -0.05) is 25.7 Å². The van der Waals surface area contributed by atoms with Gasteiger partial charge in [-0.25, -0.2) is 4.79 Å². The van der Waals surface area contributed by atoms with Gasteiger partial charge in [-0.2, -0.15) is 0 Å². The number of hydrogen-bond acceptors (Lipinski definition) is 2. The molecule has 3 fully saturated rings. The minimum atomic E-state index is -0.956. The first-order chi connectivity index (χ1) is 8.64. The van der Waals surface area contributed by atoms with Crippen LogP contribution in [0.3, 0.4) is 0 Å². The molecule has 2 atom stereocenters. The van der Waals surface area contributed by atoms with Crippen LogP contribution in [0.5, 0.6) is 0 Å². The topological polar surface area (TPSA) is 66.4 Å². The van der Waals surface area contributed by atoms with Crippen LogP contribution < -0.4 is 5.32 Å². The molecule has 1 amide bonds. The van der Waals surface area contributed by atoms with E-state index < -0.39 is 11.5 Å². The summed E-state index contributed by atoms with van der Waals surface area (Å²) in [6, 6.07) is 0. The first-order valence-corrected chi connectivity index (χ1v) is 7.19. The highest BCUT2D eigenvalue weighted by Gasteiger charge is 2.56. The van der Waals surface area contributed by atoms with Crippen LogP contribution in [0.2, 0.25) is 0 Å². The summed E-state index contributed by atoms with van der Waals surface area (Å²) in [6.07, 6.45) is 7.77. The maximum Gasteiger partial charge on any atom is 0.329 e. The number of fused-ring (bicyclic) bond motifs is 1. The van der Waals surface area contributed by atoms with Crippen LogP contribution in [0.4, 0.5) is 0 Å². The maximum absolute atomic E-state index is 12.3. The molecule has 0 spiro atoms. The summed E-state index contributed by atoms with van der Waals surface area (Å²) in [5, 5.41) is 12.2. The fourth-order valence-corrected chi connectivity index (χ4v) is 4.07. The predicted octanol–water partition coefficient (Wildman–Crippen LogP) is 1.94. The van der Waals surface area contributed by atoms with Crippen molar-refractivity contribution < 1.29 is 14.7 Å². The highest BCUT2D eigenvalue weighted by Crippen LogP contribution is 2.55. The van der Waals surface area contributed by atoms with Gasteiger partial charge in [-0.05, 0) is 37.5 Å². The molecule has 0 saturated heterocycles. The minimum absolute atomic E-state index is 0.0104. The fraction of sp³-hybridized carbons (Fsp3) is 0.857. The van der Waals surface area contributed by atoms with Crippen LogP contribution in [-0.4, -0.2) is 22.5 Å².